The minimum Gasteiger partial charge on any atom is -0.264 e. The second-order valence-corrected chi connectivity index (χ2v) is 14.6. The zero-order valence-electron chi connectivity index (χ0n) is 30.2. The summed E-state index contributed by atoms with van der Waals surface area (Å²) in [5, 5.41) is 0. The number of pyridine rings is 1. The van der Waals surface area contributed by atoms with Crippen LogP contribution in [-0.2, 0) is 0 Å². The number of nitrogens with zero attached hydrogens (tertiary/aromatic N) is 7. The Morgan fingerprint density at radius 2 is 0.818 bits per heavy atom. The van der Waals surface area contributed by atoms with E-state index >= 15 is 0 Å². The molecule has 7 heteroatoms. The van der Waals surface area contributed by atoms with E-state index in [0.717, 1.165) is 56.3 Å². The van der Waals surface area contributed by atoms with Gasteiger partial charge < -0.3 is 0 Å². The van der Waals surface area contributed by atoms with E-state index in [1.54, 1.807) is 6.20 Å². The minimum atomic E-state index is 0.582. The van der Waals surface area contributed by atoms with E-state index in [0.29, 0.717) is 40.9 Å². The first-order valence-corrected chi connectivity index (χ1v) is 19.1. The molecule has 0 radical (unpaired) electrons. The Morgan fingerprint density at radius 3 is 1.29 bits per heavy atom. The molecule has 0 saturated heterocycles. The first kappa shape index (κ1) is 32.9. The van der Waals surface area contributed by atoms with Gasteiger partial charge >= 0.3 is 0 Å². The standard InChI is InChI=1S/C48H37N7/c1-3-9-33(10-4-1)43-50-45(35-20-18-32(19-21-35)42-28-31-16-17-39(42)27-31)53-46(51-43)36-22-24-37(25-23-36)47-52-44(34-11-5-2-6-12-34)54-48(55-47)40-14-7-13-38(29-40)41-15-8-26-49-30-41/h1-15,18-26,29-31,39,42H,16-17,27-28H2. The van der Waals surface area contributed by atoms with Crippen molar-refractivity contribution in [3.8, 4) is 79.5 Å². The smallest absolute Gasteiger partial charge is 0.164 e. The van der Waals surface area contributed by atoms with Crippen LogP contribution in [0.15, 0.2) is 158 Å². The first-order valence-electron chi connectivity index (χ1n) is 19.1. The second kappa shape index (κ2) is 14.3. The van der Waals surface area contributed by atoms with Crippen LogP contribution >= 0.6 is 0 Å². The normalized spacial score (nSPS) is 17.3. The number of hydrogen-bond donors (Lipinski definition) is 0. The van der Waals surface area contributed by atoms with Gasteiger partial charge in [-0.05, 0) is 60.3 Å². The zero-order valence-corrected chi connectivity index (χ0v) is 30.2. The van der Waals surface area contributed by atoms with E-state index in [-0.39, 0.29) is 0 Å². The second-order valence-electron chi connectivity index (χ2n) is 14.6. The van der Waals surface area contributed by atoms with Crippen molar-refractivity contribution >= 4 is 0 Å². The maximum Gasteiger partial charge on any atom is 0.164 e. The molecule has 0 spiro atoms. The van der Waals surface area contributed by atoms with Gasteiger partial charge in [0.25, 0.3) is 0 Å². The van der Waals surface area contributed by atoms with Crippen LogP contribution in [0.4, 0.5) is 0 Å². The highest BCUT2D eigenvalue weighted by molar-refractivity contribution is 5.73. The Hall–Kier alpha value is -6.73. The monoisotopic (exact) mass is 711 g/mol. The Morgan fingerprint density at radius 1 is 0.364 bits per heavy atom. The largest absolute Gasteiger partial charge is 0.264 e. The molecule has 3 aromatic heterocycles. The van der Waals surface area contributed by atoms with Crippen LogP contribution in [0, 0.1) is 11.8 Å². The highest BCUT2D eigenvalue weighted by Crippen LogP contribution is 2.53. The van der Waals surface area contributed by atoms with Gasteiger partial charge in [0.05, 0.1) is 0 Å². The topological polar surface area (TPSA) is 90.2 Å². The summed E-state index contributed by atoms with van der Waals surface area (Å²) in [5.74, 6) is 6.14. The van der Waals surface area contributed by atoms with Crippen molar-refractivity contribution < 1.29 is 0 Å². The van der Waals surface area contributed by atoms with Crippen molar-refractivity contribution in [1.29, 1.82) is 0 Å². The van der Waals surface area contributed by atoms with Crippen LogP contribution in [0.2, 0.25) is 0 Å². The third kappa shape index (κ3) is 6.70. The van der Waals surface area contributed by atoms with Gasteiger partial charge in [0, 0.05) is 51.3 Å². The van der Waals surface area contributed by atoms with Crippen LogP contribution in [-0.4, -0.2) is 34.9 Å². The lowest BCUT2D eigenvalue weighted by Gasteiger charge is -2.22. The number of aromatic nitrogens is 7. The van der Waals surface area contributed by atoms with Crippen molar-refractivity contribution in [1.82, 2.24) is 34.9 Å². The first-order chi connectivity index (χ1) is 27.2. The number of fused-ring (bicyclic) bond motifs is 2. The fourth-order valence-electron chi connectivity index (χ4n) is 8.37. The molecule has 3 atom stereocenters. The van der Waals surface area contributed by atoms with Crippen molar-refractivity contribution in [2.24, 2.45) is 11.8 Å². The van der Waals surface area contributed by atoms with Crippen LogP contribution in [0.3, 0.4) is 0 Å². The molecule has 0 N–H and O–H groups in total. The number of hydrogen-bond acceptors (Lipinski definition) is 7. The Labute approximate surface area is 320 Å². The summed E-state index contributed by atoms with van der Waals surface area (Å²) in [7, 11) is 0. The Kier molecular flexibility index (Phi) is 8.52. The lowest BCUT2D eigenvalue weighted by atomic mass is 9.83. The van der Waals surface area contributed by atoms with E-state index < -0.39 is 0 Å². The molecular formula is C48H37N7. The van der Waals surface area contributed by atoms with Crippen LogP contribution < -0.4 is 0 Å². The third-order valence-corrected chi connectivity index (χ3v) is 11.2. The highest BCUT2D eigenvalue weighted by atomic mass is 15.0. The number of rotatable bonds is 8. The zero-order chi connectivity index (χ0) is 36.6. The minimum absolute atomic E-state index is 0.582. The summed E-state index contributed by atoms with van der Waals surface area (Å²) < 4.78 is 0. The Balaban J connectivity index is 1.01. The summed E-state index contributed by atoms with van der Waals surface area (Å²) in [6.07, 6.45) is 9.14. The molecule has 3 unspecified atom stereocenters. The predicted octanol–water partition coefficient (Wildman–Crippen LogP) is 11.0. The molecule has 8 aromatic rings. The molecule has 2 fully saturated rings. The van der Waals surface area contributed by atoms with Crippen LogP contribution in [0.1, 0.15) is 37.2 Å². The molecular weight excluding hydrogens is 675 g/mol. The molecule has 0 aliphatic heterocycles. The quantitative estimate of drug-likeness (QED) is 0.155. The van der Waals surface area contributed by atoms with Crippen molar-refractivity contribution in [2.45, 2.75) is 31.6 Å². The average Bonchev–Trinajstić information content (AvgIpc) is 3.92. The molecule has 2 saturated carbocycles. The molecule has 2 aliphatic carbocycles. The van der Waals surface area contributed by atoms with Gasteiger partial charge in [0.15, 0.2) is 34.9 Å². The van der Waals surface area contributed by atoms with E-state index in [9.17, 15) is 0 Å². The van der Waals surface area contributed by atoms with Gasteiger partial charge in [0.2, 0.25) is 0 Å². The molecule has 10 rings (SSSR count). The lowest BCUT2D eigenvalue weighted by molar-refractivity contribution is 0.420. The van der Waals surface area contributed by atoms with E-state index in [1.807, 2.05) is 109 Å². The molecule has 2 aliphatic rings. The summed E-state index contributed by atoms with van der Waals surface area (Å²) in [6, 6.07) is 49.5. The van der Waals surface area contributed by atoms with Crippen molar-refractivity contribution in [3.05, 3.63) is 164 Å². The van der Waals surface area contributed by atoms with E-state index in [1.165, 1.54) is 31.2 Å². The molecule has 55 heavy (non-hydrogen) atoms. The average molecular weight is 712 g/mol. The summed E-state index contributed by atoms with van der Waals surface area (Å²) in [6.45, 7) is 0. The molecule has 2 bridgehead atoms. The highest BCUT2D eigenvalue weighted by Gasteiger charge is 2.40. The predicted molar refractivity (Wildman–Crippen MR) is 217 cm³/mol. The van der Waals surface area contributed by atoms with Crippen LogP contribution in [0.5, 0.6) is 0 Å². The molecule has 3 heterocycles. The van der Waals surface area contributed by atoms with E-state index in [4.69, 9.17) is 29.9 Å². The molecule has 5 aromatic carbocycles. The molecule has 264 valence electrons. The lowest BCUT2D eigenvalue weighted by Crippen LogP contribution is -2.08. The summed E-state index contributed by atoms with van der Waals surface area (Å²) in [5.41, 5.74) is 9.01. The van der Waals surface area contributed by atoms with Gasteiger partial charge in [-0.3, -0.25) is 4.98 Å². The van der Waals surface area contributed by atoms with Gasteiger partial charge in [-0.15, -0.1) is 0 Å². The van der Waals surface area contributed by atoms with Crippen molar-refractivity contribution in [3.63, 3.8) is 0 Å². The van der Waals surface area contributed by atoms with Crippen molar-refractivity contribution in [2.75, 3.05) is 0 Å². The maximum atomic E-state index is 5.04. The van der Waals surface area contributed by atoms with Gasteiger partial charge in [0.1, 0.15) is 0 Å². The SMILES string of the molecule is c1ccc(-c2nc(-c3ccc(-c4nc(-c5ccccc5)nc(-c5cccc(-c6cccnc6)c5)n4)cc3)nc(-c3ccc(C4CC5CCC4C5)cc3)n2)cc1. The molecule has 0 amide bonds. The fraction of sp³-hybridized carbons (Fsp3) is 0.146. The number of benzene rings is 5. The van der Waals surface area contributed by atoms with E-state index in [2.05, 4.69) is 47.4 Å². The summed E-state index contributed by atoms with van der Waals surface area (Å²) in [4.78, 5) is 34.2. The van der Waals surface area contributed by atoms with Crippen LogP contribution in [0.25, 0.3) is 79.5 Å². The third-order valence-electron chi connectivity index (χ3n) is 11.2. The summed E-state index contributed by atoms with van der Waals surface area (Å²) >= 11 is 0. The van der Waals surface area contributed by atoms with Gasteiger partial charge in [-0.2, -0.15) is 0 Å². The fourth-order valence-corrected chi connectivity index (χ4v) is 8.37. The van der Waals surface area contributed by atoms with Gasteiger partial charge in [-0.1, -0.05) is 140 Å². The van der Waals surface area contributed by atoms with Gasteiger partial charge in [-0.25, -0.2) is 29.9 Å². The molecule has 7 nitrogen and oxygen atoms in total. The maximum absolute atomic E-state index is 5.04. The Bertz CT molecular complexity index is 2590.